The van der Waals surface area contributed by atoms with Crippen LogP contribution in [0.2, 0.25) is 0 Å². The van der Waals surface area contributed by atoms with E-state index in [-0.39, 0.29) is 5.91 Å². The van der Waals surface area contributed by atoms with Crippen molar-refractivity contribution in [3.05, 3.63) is 53.7 Å². The predicted molar refractivity (Wildman–Crippen MR) is 80.7 cm³/mol. The monoisotopic (exact) mass is 281 g/mol. The fourth-order valence-corrected chi connectivity index (χ4v) is 2.20. The third-order valence-electron chi connectivity index (χ3n) is 3.21. The quantitative estimate of drug-likeness (QED) is 0.637. The summed E-state index contributed by atoms with van der Waals surface area (Å²) >= 11 is 0. The Kier molecular flexibility index (Phi) is 3.27. The number of nitrogen functional groups attached to an aromatic ring is 1. The van der Waals surface area contributed by atoms with Gasteiger partial charge < -0.3 is 16.0 Å². The fourth-order valence-electron chi connectivity index (χ4n) is 2.20. The number of H-pyrrole nitrogens is 1. The van der Waals surface area contributed by atoms with Crippen LogP contribution in [-0.4, -0.2) is 20.9 Å². The van der Waals surface area contributed by atoms with E-state index < -0.39 is 0 Å². The number of aryl methyl sites for hydroxylation is 1. The van der Waals surface area contributed by atoms with Crippen molar-refractivity contribution in [2.75, 3.05) is 5.73 Å². The smallest absolute Gasteiger partial charge is 0.253 e. The first-order chi connectivity index (χ1) is 10.1. The number of hydrogen-bond acceptors (Lipinski definition) is 4. The van der Waals surface area contributed by atoms with Gasteiger partial charge in [0.25, 0.3) is 5.91 Å². The van der Waals surface area contributed by atoms with Crippen molar-refractivity contribution >= 4 is 22.5 Å². The molecule has 3 rings (SSSR count). The number of hydrogen-bond donors (Lipinski definition) is 3. The number of benzene rings is 1. The van der Waals surface area contributed by atoms with Crippen LogP contribution in [0.3, 0.4) is 0 Å². The second-order valence-corrected chi connectivity index (χ2v) is 4.79. The van der Waals surface area contributed by atoms with Gasteiger partial charge in [0.1, 0.15) is 5.82 Å². The number of amides is 1. The van der Waals surface area contributed by atoms with Gasteiger partial charge >= 0.3 is 0 Å². The van der Waals surface area contributed by atoms with E-state index >= 15 is 0 Å². The number of fused-ring (bicyclic) bond motifs is 1. The van der Waals surface area contributed by atoms with Gasteiger partial charge in [-0.15, -0.1) is 0 Å². The molecule has 0 unspecified atom stereocenters. The number of carbonyl (C=O) groups excluding carboxylic acids is 1. The van der Waals surface area contributed by atoms with Crippen molar-refractivity contribution in [2.45, 2.75) is 13.5 Å². The van der Waals surface area contributed by atoms with Gasteiger partial charge in [-0.25, -0.2) is 9.97 Å². The second-order valence-electron chi connectivity index (χ2n) is 4.79. The number of nitrogens with zero attached hydrogens (tertiary/aromatic N) is 2. The number of aromatic nitrogens is 3. The maximum Gasteiger partial charge on any atom is 0.253 e. The van der Waals surface area contributed by atoms with Gasteiger partial charge in [0.2, 0.25) is 0 Å². The second kappa shape index (κ2) is 5.24. The zero-order valence-electron chi connectivity index (χ0n) is 11.6. The molecule has 0 aliphatic rings. The van der Waals surface area contributed by atoms with Crippen LogP contribution in [0.15, 0.2) is 36.7 Å². The molecule has 0 saturated heterocycles. The third kappa shape index (κ3) is 2.69. The average Bonchev–Trinajstić information content (AvgIpc) is 2.88. The summed E-state index contributed by atoms with van der Waals surface area (Å²) < 4.78 is 0. The van der Waals surface area contributed by atoms with Gasteiger partial charge in [-0.3, -0.25) is 4.79 Å². The minimum atomic E-state index is -0.151. The molecule has 1 amide bonds. The standard InChI is InChI=1S/C15H15N5O/c1-9-17-5-4-11(20-9)7-19-15(21)13-8-18-14-6-10(16)2-3-12(13)14/h2-6,8,18H,7,16H2,1H3,(H,19,21). The maximum absolute atomic E-state index is 12.3. The molecule has 106 valence electrons. The molecule has 2 aromatic heterocycles. The zero-order valence-corrected chi connectivity index (χ0v) is 11.6. The molecular weight excluding hydrogens is 266 g/mol. The number of nitrogens with two attached hydrogens (primary N) is 1. The zero-order chi connectivity index (χ0) is 14.8. The lowest BCUT2D eigenvalue weighted by molar-refractivity contribution is 0.0952. The van der Waals surface area contributed by atoms with Crippen LogP contribution in [0, 0.1) is 6.92 Å². The van der Waals surface area contributed by atoms with Gasteiger partial charge in [0.05, 0.1) is 17.8 Å². The summed E-state index contributed by atoms with van der Waals surface area (Å²) in [4.78, 5) is 23.6. The summed E-state index contributed by atoms with van der Waals surface area (Å²) in [5, 5.41) is 3.70. The Morgan fingerprint density at radius 3 is 3.05 bits per heavy atom. The van der Waals surface area contributed by atoms with E-state index in [4.69, 9.17) is 5.73 Å². The Morgan fingerprint density at radius 1 is 1.38 bits per heavy atom. The van der Waals surface area contributed by atoms with Crippen LogP contribution < -0.4 is 11.1 Å². The Balaban J connectivity index is 1.78. The molecule has 1 aromatic carbocycles. The molecule has 0 spiro atoms. The Hall–Kier alpha value is -2.89. The SMILES string of the molecule is Cc1nccc(CNC(=O)c2c[nH]c3cc(N)ccc23)n1. The number of anilines is 1. The van der Waals surface area contributed by atoms with Crippen LogP contribution in [0.25, 0.3) is 10.9 Å². The van der Waals surface area contributed by atoms with Crippen molar-refractivity contribution in [1.29, 1.82) is 0 Å². The van der Waals surface area contributed by atoms with Crippen LogP contribution in [0.1, 0.15) is 21.9 Å². The third-order valence-corrected chi connectivity index (χ3v) is 3.21. The van der Waals surface area contributed by atoms with E-state index in [9.17, 15) is 4.79 Å². The molecule has 0 atom stereocenters. The highest BCUT2D eigenvalue weighted by Crippen LogP contribution is 2.20. The number of aromatic amines is 1. The molecule has 0 bridgehead atoms. The van der Waals surface area contributed by atoms with E-state index in [0.717, 1.165) is 16.6 Å². The number of carbonyl (C=O) groups is 1. The average molecular weight is 281 g/mol. The van der Waals surface area contributed by atoms with Crippen LogP contribution in [0.5, 0.6) is 0 Å². The molecule has 21 heavy (non-hydrogen) atoms. The lowest BCUT2D eigenvalue weighted by Gasteiger charge is -2.04. The normalized spacial score (nSPS) is 10.7. The van der Waals surface area contributed by atoms with E-state index in [0.29, 0.717) is 23.6 Å². The number of rotatable bonds is 3. The molecule has 0 saturated carbocycles. The summed E-state index contributed by atoms with van der Waals surface area (Å²) in [6.07, 6.45) is 3.36. The molecule has 0 fully saturated rings. The van der Waals surface area contributed by atoms with Crippen molar-refractivity contribution in [3.63, 3.8) is 0 Å². The fraction of sp³-hybridized carbons (Fsp3) is 0.133. The highest BCUT2D eigenvalue weighted by Gasteiger charge is 2.12. The van der Waals surface area contributed by atoms with Crippen molar-refractivity contribution in [3.8, 4) is 0 Å². The van der Waals surface area contributed by atoms with E-state index in [1.165, 1.54) is 0 Å². The topological polar surface area (TPSA) is 96.7 Å². The lowest BCUT2D eigenvalue weighted by Crippen LogP contribution is -2.23. The van der Waals surface area contributed by atoms with Gasteiger partial charge in [0.15, 0.2) is 0 Å². The molecule has 2 heterocycles. The van der Waals surface area contributed by atoms with Gasteiger partial charge in [-0.1, -0.05) is 0 Å². The highest BCUT2D eigenvalue weighted by molar-refractivity contribution is 6.07. The Labute approximate surface area is 121 Å². The van der Waals surface area contributed by atoms with E-state index in [1.807, 2.05) is 13.0 Å². The van der Waals surface area contributed by atoms with Crippen molar-refractivity contribution in [1.82, 2.24) is 20.3 Å². The summed E-state index contributed by atoms with van der Waals surface area (Å²) in [5.74, 6) is 0.534. The number of nitrogens with one attached hydrogen (secondary N) is 2. The molecule has 0 aliphatic carbocycles. The Bertz CT molecular complexity index is 809. The van der Waals surface area contributed by atoms with Crippen molar-refractivity contribution < 1.29 is 4.79 Å². The molecule has 6 heteroatoms. The minimum absolute atomic E-state index is 0.151. The molecule has 0 aliphatic heterocycles. The Morgan fingerprint density at radius 2 is 2.24 bits per heavy atom. The van der Waals surface area contributed by atoms with Crippen LogP contribution in [0.4, 0.5) is 5.69 Å². The maximum atomic E-state index is 12.3. The summed E-state index contributed by atoms with van der Waals surface area (Å²) in [7, 11) is 0. The molecule has 3 aromatic rings. The molecule has 6 nitrogen and oxygen atoms in total. The molecular formula is C15H15N5O. The van der Waals surface area contributed by atoms with E-state index in [2.05, 4.69) is 20.3 Å². The van der Waals surface area contributed by atoms with Crippen LogP contribution in [-0.2, 0) is 6.54 Å². The van der Waals surface area contributed by atoms with Gasteiger partial charge in [-0.2, -0.15) is 0 Å². The molecule has 4 N–H and O–H groups in total. The van der Waals surface area contributed by atoms with Crippen LogP contribution >= 0.6 is 0 Å². The minimum Gasteiger partial charge on any atom is -0.399 e. The predicted octanol–water partition coefficient (Wildman–Crippen LogP) is 1.78. The first-order valence-electron chi connectivity index (χ1n) is 6.57. The summed E-state index contributed by atoms with van der Waals surface area (Å²) in [6, 6.07) is 7.20. The van der Waals surface area contributed by atoms with Crippen molar-refractivity contribution in [2.24, 2.45) is 0 Å². The highest BCUT2D eigenvalue weighted by atomic mass is 16.1. The summed E-state index contributed by atoms with van der Waals surface area (Å²) in [5.41, 5.74) is 8.60. The first-order valence-corrected chi connectivity index (χ1v) is 6.57. The lowest BCUT2D eigenvalue weighted by atomic mass is 10.1. The molecule has 0 radical (unpaired) electrons. The van der Waals surface area contributed by atoms with Gasteiger partial charge in [0, 0.05) is 29.0 Å². The van der Waals surface area contributed by atoms with E-state index in [1.54, 1.807) is 30.6 Å². The largest absolute Gasteiger partial charge is 0.399 e. The summed E-state index contributed by atoms with van der Waals surface area (Å²) in [6.45, 7) is 2.18. The van der Waals surface area contributed by atoms with Gasteiger partial charge in [-0.05, 0) is 31.2 Å². The first kappa shape index (κ1) is 13.1.